The van der Waals surface area contributed by atoms with Gasteiger partial charge in [-0.2, -0.15) is 0 Å². The number of ether oxygens (including phenoxy) is 3. The molecule has 1 aliphatic heterocycles. The first kappa shape index (κ1) is 19.8. The Bertz CT molecular complexity index is 1010. The number of halogens is 1. The summed E-state index contributed by atoms with van der Waals surface area (Å²) in [5.41, 5.74) is 0.932. The molecule has 0 radical (unpaired) electrons. The molecule has 0 spiro atoms. The van der Waals surface area contributed by atoms with Gasteiger partial charge in [0.05, 0.1) is 6.04 Å². The molecule has 2 heterocycles. The molecule has 30 heavy (non-hydrogen) atoms. The van der Waals surface area contributed by atoms with Gasteiger partial charge in [0.1, 0.15) is 37.1 Å². The number of carbonyl (C=O) groups is 1. The van der Waals surface area contributed by atoms with Crippen molar-refractivity contribution in [1.82, 2.24) is 5.32 Å². The van der Waals surface area contributed by atoms with E-state index in [2.05, 4.69) is 5.32 Å². The number of carbonyl (C=O) groups excluding carboxylic acids is 1. The number of fused-ring (bicyclic) bond motifs is 1. The van der Waals surface area contributed by atoms with Crippen molar-refractivity contribution in [3.8, 4) is 17.2 Å². The van der Waals surface area contributed by atoms with E-state index in [0.29, 0.717) is 42.6 Å². The molecule has 0 fully saturated rings. The number of nitrogens with one attached hydrogen (secondary N) is 1. The molecule has 0 aliphatic carbocycles. The van der Waals surface area contributed by atoms with Gasteiger partial charge in [-0.1, -0.05) is 13.0 Å². The van der Waals surface area contributed by atoms with Crippen LogP contribution in [0.15, 0.2) is 59.0 Å². The predicted molar refractivity (Wildman–Crippen MR) is 107 cm³/mol. The van der Waals surface area contributed by atoms with Crippen LogP contribution in [-0.4, -0.2) is 19.1 Å². The summed E-state index contributed by atoms with van der Waals surface area (Å²) >= 11 is 0. The van der Waals surface area contributed by atoms with Crippen LogP contribution in [0.3, 0.4) is 0 Å². The zero-order chi connectivity index (χ0) is 20.9. The molecular formula is C23H22FNO5. The van der Waals surface area contributed by atoms with Gasteiger partial charge < -0.3 is 23.9 Å². The third kappa shape index (κ3) is 4.56. The Kier molecular flexibility index (Phi) is 5.88. The number of furan rings is 1. The molecule has 2 aromatic carbocycles. The van der Waals surface area contributed by atoms with Crippen molar-refractivity contribution >= 4 is 5.91 Å². The van der Waals surface area contributed by atoms with Crippen LogP contribution in [0.4, 0.5) is 4.39 Å². The zero-order valence-corrected chi connectivity index (χ0v) is 16.5. The molecule has 1 atom stereocenters. The molecule has 6 nitrogen and oxygen atoms in total. The Morgan fingerprint density at radius 1 is 1.07 bits per heavy atom. The normalized spacial score (nSPS) is 13.5. The van der Waals surface area contributed by atoms with Crippen LogP contribution in [0.5, 0.6) is 17.2 Å². The van der Waals surface area contributed by atoms with Crippen molar-refractivity contribution in [3.05, 3.63) is 77.5 Å². The van der Waals surface area contributed by atoms with E-state index in [0.717, 1.165) is 5.56 Å². The summed E-state index contributed by atoms with van der Waals surface area (Å²) in [5, 5.41) is 2.99. The molecule has 1 aromatic heterocycles. The number of hydrogen-bond donors (Lipinski definition) is 1. The summed E-state index contributed by atoms with van der Waals surface area (Å²) in [6, 6.07) is 14.5. The number of benzene rings is 2. The lowest BCUT2D eigenvalue weighted by molar-refractivity contribution is 0.0903. The van der Waals surface area contributed by atoms with Gasteiger partial charge >= 0.3 is 0 Å². The van der Waals surface area contributed by atoms with Gasteiger partial charge in [-0.15, -0.1) is 0 Å². The lowest BCUT2D eigenvalue weighted by atomic mass is 10.0. The monoisotopic (exact) mass is 411 g/mol. The first-order valence-corrected chi connectivity index (χ1v) is 9.80. The van der Waals surface area contributed by atoms with E-state index in [1.54, 1.807) is 12.1 Å². The van der Waals surface area contributed by atoms with Crippen LogP contribution >= 0.6 is 0 Å². The van der Waals surface area contributed by atoms with Gasteiger partial charge in [-0.25, -0.2) is 4.39 Å². The van der Waals surface area contributed by atoms with E-state index in [1.807, 2.05) is 25.1 Å². The highest BCUT2D eigenvalue weighted by molar-refractivity contribution is 5.91. The third-order valence-corrected chi connectivity index (χ3v) is 4.76. The third-order valence-electron chi connectivity index (χ3n) is 4.76. The van der Waals surface area contributed by atoms with Gasteiger partial charge in [-0.3, -0.25) is 4.79 Å². The Morgan fingerprint density at radius 3 is 2.60 bits per heavy atom. The maximum Gasteiger partial charge on any atom is 0.287 e. The summed E-state index contributed by atoms with van der Waals surface area (Å²) in [6.45, 7) is 3.17. The summed E-state index contributed by atoms with van der Waals surface area (Å²) in [4.78, 5) is 12.7. The average Bonchev–Trinajstić information content (AvgIpc) is 3.26. The first-order chi connectivity index (χ1) is 14.6. The minimum absolute atomic E-state index is 0.137. The lowest BCUT2D eigenvalue weighted by Gasteiger charge is -2.22. The quantitative estimate of drug-likeness (QED) is 0.613. The Morgan fingerprint density at radius 2 is 1.83 bits per heavy atom. The Labute approximate surface area is 173 Å². The summed E-state index contributed by atoms with van der Waals surface area (Å²) < 4.78 is 35.3. The van der Waals surface area contributed by atoms with Crippen molar-refractivity contribution < 1.29 is 27.8 Å². The highest BCUT2D eigenvalue weighted by Crippen LogP contribution is 2.33. The first-order valence-electron chi connectivity index (χ1n) is 9.80. The van der Waals surface area contributed by atoms with Crippen LogP contribution in [0.1, 0.15) is 41.3 Å². The smallest absolute Gasteiger partial charge is 0.287 e. The van der Waals surface area contributed by atoms with Crippen molar-refractivity contribution in [1.29, 1.82) is 0 Å². The highest BCUT2D eigenvalue weighted by Gasteiger charge is 2.20. The van der Waals surface area contributed by atoms with Gasteiger partial charge in [0.2, 0.25) is 0 Å². The summed E-state index contributed by atoms with van der Waals surface area (Å²) in [7, 11) is 0. The van der Waals surface area contributed by atoms with Crippen molar-refractivity contribution in [2.24, 2.45) is 0 Å². The molecule has 1 N–H and O–H groups in total. The molecule has 7 heteroatoms. The summed E-state index contributed by atoms with van der Waals surface area (Å²) in [6.07, 6.45) is 0.701. The van der Waals surface area contributed by atoms with Gasteiger partial charge in [0, 0.05) is 0 Å². The van der Waals surface area contributed by atoms with Crippen LogP contribution in [-0.2, 0) is 6.61 Å². The molecular weight excluding hydrogens is 389 g/mol. The second kappa shape index (κ2) is 8.90. The second-order valence-corrected chi connectivity index (χ2v) is 6.85. The second-order valence-electron chi connectivity index (χ2n) is 6.85. The molecule has 1 aliphatic rings. The minimum Gasteiger partial charge on any atom is -0.486 e. The van der Waals surface area contributed by atoms with Crippen molar-refractivity contribution in [2.75, 3.05) is 13.2 Å². The predicted octanol–water partition coefficient (Wildman–Crippen LogP) is 4.65. The molecule has 0 saturated heterocycles. The zero-order valence-electron chi connectivity index (χ0n) is 16.5. The maximum atomic E-state index is 12.9. The standard InChI is InChI=1S/C23H22FNO5/c1-2-19(15-3-9-20-22(13-15)28-12-11-27-20)25-23(26)21-10-8-18(30-21)14-29-17-6-4-16(24)5-7-17/h3-10,13,19H,2,11-12,14H2,1H3,(H,25,26). The Hall–Kier alpha value is -3.48. The van der Waals surface area contributed by atoms with Crippen molar-refractivity contribution in [2.45, 2.75) is 26.0 Å². The fourth-order valence-electron chi connectivity index (χ4n) is 3.19. The van der Waals surface area contributed by atoms with Gasteiger partial charge in [-0.05, 0) is 60.5 Å². The SMILES string of the molecule is CCC(NC(=O)c1ccc(COc2ccc(F)cc2)o1)c1ccc2c(c1)OCCO2. The van der Waals surface area contributed by atoms with E-state index < -0.39 is 0 Å². The van der Waals surface area contributed by atoms with Gasteiger partial charge in [0.25, 0.3) is 5.91 Å². The number of hydrogen-bond acceptors (Lipinski definition) is 5. The molecule has 0 saturated carbocycles. The molecule has 1 unspecified atom stereocenters. The Balaban J connectivity index is 1.38. The van der Waals surface area contributed by atoms with E-state index >= 15 is 0 Å². The maximum absolute atomic E-state index is 12.9. The topological polar surface area (TPSA) is 69.9 Å². The number of amides is 1. The van der Waals surface area contributed by atoms with E-state index in [4.69, 9.17) is 18.6 Å². The fraction of sp³-hybridized carbons (Fsp3) is 0.261. The summed E-state index contributed by atoms with van der Waals surface area (Å²) in [5.74, 6) is 1.96. The van der Waals surface area contributed by atoms with E-state index in [-0.39, 0.29) is 30.1 Å². The number of rotatable bonds is 7. The van der Waals surface area contributed by atoms with Crippen molar-refractivity contribution in [3.63, 3.8) is 0 Å². The largest absolute Gasteiger partial charge is 0.486 e. The van der Waals surface area contributed by atoms with Crippen LogP contribution in [0, 0.1) is 5.82 Å². The minimum atomic E-state index is -0.331. The molecule has 4 rings (SSSR count). The van der Waals surface area contributed by atoms with Crippen LogP contribution in [0.25, 0.3) is 0 Å². The molecule has 0 bridgehead atoms. The molecule has 3 aromatic rings. The lowest BCUT2D eigenvalue weighted by Crippen LogP contribution is -2.28. The van der Waals surface area contributed by atoms with Gasteiger partial charge in [0.15, 0.2) is 17.3 Å². The highest BCUT2D eigenvalue weighted by atomic mass is 19.1. The fourth-order valence-corrected chi connectivity index (χ4v) is 3.19. The van der Waals surface area contributed by atoms with E-state index in [9.17, 15) is 9.18 Å². The van der Waals surface area contributed by atoms with E-state index in [1.165, 1.54) is 24.3 Å². The average molecular weight is 411 g/mol. The molecule has 156 valence electrons. The van der Waals surface area contributed by atoms with Crippen LogP contribution in [0.2, 0.25) is 0 Å². The molecule has 1 amide bonds. The van der Waals surface area contributed by atoms with Crippen LogP contribution < -0.4 is 19.5 Å².